The van der Waals surface area contributed by atoms with Crippen molar-refractivity contribution in [2.75, 3.05) is 0 Å². The van der Waals surface area contributed by atoms with Crippen LogP contribution < -0.4 is 0 Å². The molecular formula is C31H19N5S. The van der Waals surface area contributed by atoms with E-state index in [1.165, 1.54) is 25.7 Å². The van der Waals surface area contributed by atoms with Gasteiger partial charge >= 0.3 is 0 Å². The molecule has 0 N–H and O–H groups in total. The molecule has 3 aromatic carbocycles. The Balaban J connectivity index is 1.33. The van der Waals surface area contributed by atoms with Gasteiger partial charge in [-0.05, 0) is 41.5 Å². The molecule has 4 aromatic heterocycles. The molecule has 0 saturated carbocycles. The van der Waals surface area contributed by atoms with Crippen molar-refractivity contribution in [3.8, 4) is 45.6 Å². The summed E-state index contributed by atoms with van der Waals surface area (Å²) in [6.45, 7) is 0. The highest BCUT2D eigenvalue weighted by Crippen LogP contribution is 2.40. The van der Waals surface area contributed by atoms with Crippen LogP contribution in [0.1, 0.15) is 0 Å². The quantitative estimate of drug-likeness (QED) is 0.251. The highest BCUT2D eigenvalue weighted by Gasteiger charge is 2.14. The average molecular weight is 494 g/mol. The third-order valence-corrected chi connectivity index (χ3v) is 7.50. The van der Waals surface area contributed by atoms with Crippen LogP contribution in [0.2, 0.25) is 0 Å². The van der Waals surface area contributed by atoms with E-state index in [1.54, 1.807) is 12.4 Å². The summed E-state index contributed by atoms with van der Waals surface area (Å²) in [4.78, 5) is 23.1. The van der Waals surface area contributed by atoms with Gasteiger partial charge in [-0.3, -0.25) is 9.97 Å². The van der Waals surface area contributed by atoms with Crippen molar-refractivity contribution in [2.45, 2.75) is 0 Å². The minimum Gasteiger partial charge on any atom is -0.253 e. The van der Waals surface area contributed by atoms with Crippen LogP contribution in [0, 0.1) is 0 Å². The van der Waals surface area contributed by atoms with Gasteiger partial charge in [0.15, 0.2) is 17.5 Å². The third kappa shape index (κ3) is 3.93. The lowest BCUT2D eigenvalue weighted by Gasteiger charge is -2.08. The zero-order valence-corrected chi connectivity index (χ0v) is 20.4. The zero-order valence-electron chi connectivity index (χ0n) is 19.6. The lowest BCUT2D eigenvalue weighted by molar-refractivity contribution is 1.05. The van der Waals surface area contributed by atoms with Crippen molar-refractivity contribution in [2.24, 2.45) is 0 Å². The van der Waals surface area contributed by atoms with Crippen molar-refractivity contribution >= 4 is 31.5 Å². The van der Waals surface area contributed by atoms with Crippen LogP contribution in [0.15, 0.2) is 116 Å². The van der Waals surface area contributed by atoms with E-state index in [-0.39, 0.29) is 0 Å². The van der Waals surface area contributed by atoms with E-state index < -0.39 is 0 Å². The fourth-order valence-corrected chi connectivity index (χ4v) is 5.74. The van der Waals surface area contributed by atoms with Gasteiger partial charge in [-0.25, -0.2) is 15.0 Å². The highest BCUT2D eigenvalue weighted by atomic mass is 32.1. The smallest absolute Gasteiger partial charge is 0.182 e. The molecule has 0 atom stereocenters. The molecule has 6 heteroatoms. The Morgan fingerprint density at radius 1 is 0.459 bits per heavy atom. The second-order valence-electron chi connectivity index (χ2n) is 8.59. The minimum atomic E-state index is 0.519. The highest BCUT2D eigenvalue weighted by molar-refractivity contribution is 7.26. The van der Waals surface area contributed by atoms with E-state index in [4.69, 9.17) is 9.97 Å². The first kappa shape index (κ1) is 21.5. The first-order valence-corrected chi connectivity index (χ1v) is 12.8. The fourth-order valence-electron chi connectivity index (χ4n) is 4.50. The summed E-state index contributed by atoms with van der Waals surface area (Å²) in [6.07, 6.45) is 3.48. The topological polar surface area (TPSA) is 64.5 Å². The van der Waals surface area contributed by atoms with Gasteiger partial charge in [0.25, 0.3) is 0 Å². The van der Waals surface area contributed by atoms with Crippen molar-refractivity contribution in [1.29, 1.82) is 0 Å². The molecule has 0 aliphatic rings. The van der Waals surface area contributed by atoms with Crippen LogP contribution in [0.25, 0.3) is 65.7 Å². The normalized spacial score (nSPS) is 11.2. The van der Waals surface area contributed by atoms with Crippen LogP contribution in [0.5, 0.6) is 0 Å². The van der Waals surface area contributed by atoms with Crippen LogP contribution >= 0.6 is 11.3 Å². The Kier molecular flexibility index (Phi) is 5.22. The molecule has 7 rings (SSSR count). The predicted molar refractivity (Wildman–Crippen MR) is 150 cm³/mol. The summed E-state index contributed by atoms with van der Waals surface area (Å²) >= 11 is 1.84. The van der Waals surface area contributed by atoms with Gasteiger partial charge < -0.3 is 0 Å². The van der Waals surface area contributed by atoms with E-state index >= 15 is 0 Å². The van der Waals surface area contributed by atoms with Crippen LogP contribution in [-0.2, 0) is 0 Å². The number of aromatic nitrogens is 5. The molecule has 0 amide bonds. The van der Waals surface area contributed by atoms with Gasteiger partial charge in [0.2, 0.25) is 0 Å². The largest absolute Gasteiger partial charge is 0.253 e. The Morgan fingerprint density at radius 2 is 1.05 bits per heavy atom. The Hall–Kier alpha value is -4.81. The van der Waals surface area contributed by atoms with Gasteiger partial charge in [-0.1, -0.05) is 72.8 Å². The SMILES string of the molecule is c1ccc(-c2nc(-c3ccc(-c4cccc5c4sc4ccccc45)cc3)nc(-c3ccccn3)n2)nc1. The average Bonchev–Trinajstić information content (AvgIpc) is 3.37. The molecule has 4 heterocycles. The van der Waals surface area contributed by atoms with Crippen LogP contribution in [0.4, 0.5) is 0 Å². The molecule has 0 bridgehead atoms. The van der Waals surface area contributed by atoms with Crippen LogP contribution in [0.3, 0.4) is 0 Å². The van der Waals surface area contributed by atoms with Crippen molar-refractivity contribution in [1.82, 2.24) is 24.9 Å². The summed E-state index contributed by atoms with van der Waals surface area (Å²) in [5.74, 6) is 1.62. The summed E-state index contributed by atoms with van der Waals surface area (Å²) in [5.41, 5.74) is 4.67. The maximum atomic E-state index is 4.77. The van der Waals surface area contributed by atoms with Crippen LogP contribution in [-0.4, -0.2) is 24.9 Å². The molecule has 0 aliphatic carbocycles. The molecule has 7 aromatic rings. The van der Waals surface area contributed by atoms with Gasteiger partial charge in [0.05, 0.1) is 0 Å². The van der Waals surface area contributed by atoms with E-state index in [2.05, 4.69) is 81.7 Å². The molecule has 0 spiro atoms. The third-order valence-electron chi connectivity index (χ3n) is 6.28. The molecule has 0 aliphatic heterocycles. The second kappa shape index (κ2) is 9.00. The first-order valence-electron chi connectivity index (χ1n) is 11.9. The molecule has 174 valence electrons. The lowest BCUT2D eigenvalue weighted by Crippen LogP contribution is -2.01. The van der Waals surface area contributed by atoms with Gasteiger partial charge in [-0.15, -0.1) is 11.3 Å². The maximum Gasteiger partial charge on any atom is 0.182 e. The van der Waals surface area contributed by atoms with Crippen molar-refractivity contribution in [3.05, 3.63) is 116 Å². The molecule has 0 unspecified atom stereocenters. The van der Waals surface area contributed by atoms with Crippen molar-refractivity contribution in [3.63, 3.8) is 0 Å². The number of thiophene rings is 1. The van der Waals surface area contributed by atoms with E-state index in [1.807, 2.05) is 47.7 Å². The molecule has 0 radical (unpaired) electrons. The van der Waals surface area contributed by atoms with E-state index in [0.717, 1.165) is 11.1 Å². The van der Waals surface area contributed by atoms with Crippen molar-refractivity contribution < 1.29 is 0 Å². The van der Waals surface area contributed by atoms with Gasteiger partial charge in [0, 0.05) is 38.1 Å². The van der Waals surface area contributed by atoms with E-state index in [0.29, 0.717) is 28.9 Å². The first-order chi connectivity index (χ1) is 18.3. The molecule has 0 fully saturated rings. The Labute approximate surface area is 217 Å². The van der Waals surface area contributed by atoms with E-state index in [9.17, 15) is 0 Å². The zero-order chi connectivity index (χ0) is 24.6. The molecule has 5 nitrogen and oxygen atoms in total. The summed E-state index contributed by atoms with van der Waals surface area (Å²) in [6, 6.07) is 34.9. The lowest BCUT2D eigenvalue weighted by atomic mass is 10.0. The standard InChI is InChI=1S/C31H19N5S/c1-2-13-27-23(8-1)24-10-7-9-22(28(24)37-27)20-14-16-21(17-15-20)29-34-30(25-11-3-5-18-32-25)36-31(35-29)26-12-4-6-19-33-26/h1-19H. The molecule has 37 heavy (non-hydrogen) atoms. The van der Waals surface area contributed by atoms with Gasteiger partial charge in [-0.2, -0.15) is 0 Å². The number of hydrogen-bond donors (Lipinski definition) is 0. The minimum absolute atomic E-state index is 0.519. The second-order valence-corrected chi connectivity index (χ2v) is 9.65. The summed E-state index contributed by atoms with van der Waals surface area (Å²) in [5, 5.41) is 2.59. The van der Waals surface area contributed by atoms with Gasteiger partial charge in [0.1, 0.15) is 11.4 Å². The Morgan fingerprint density at radius 3 is 1.73 bits per heavy atom. The maximum absolute atomic E-state index is 4.77. The molecular weight excluding hydrogens is 474 g/mol. The summed E-state index contributed by atoms with van der Waals surface area (Å²) in [7, 11) is 0. The molecule has 0 saturated heterocycles. The summed E-state index contributed by atoms with van der Waals surface area (Å²) < 4.78 is 2.60. The number of pyridine rings is 2. The number of benzene rings is 3. The fraction of sp³-hybridized carbons (Fsp3) is 0. The predicted octanol–water partition coefficient (Wildman–Crippen LogP) is 7.70. The number of hydrogen-bond acceptors (Lipinski definition) is 6. The number of nitrogens with zero attached hydrogens (tertiary/aromatic N) is 5. The monoisotopic (exact) mass is 493 g/mol. The Bertz CT molecular complexity index is 1810. The number of rotatable bonds is 4. The number of fused-ring (bicyclic) bond motifs is 3.